The molecule has 154 valence electrons. The number of carbonyl (C=O) groups excluding carboxylic acids is 2. The Balaban J connectivity index is 2.05. The number of carbonyl (C=O) groups is 2. The van der Waals surface area contributed by atoms with Gasteiger partial charge in [-0.1, -0.05) is 23.1 Å². The molecule has 9 nitrogen and oxygen atoms in total. The molecule has 0 saturated carbocycles. The first-order valence-corrected chi connectivity index (χ1v) is 11.0. The molecule has 0 bridgehead atoms. The van der Waals surface area contributed by atoms with E-state index in [4.69, 9.17) is 19.9 Å². The maximum Gasteiger partial charge on any atom is 0.348 e. The van der Waals surface area contributed by atoms with Crippen LogP contribution in [0, 0.1) is 0 Å². The summed E-state index contributed by atoms with van der Waals surface area (Å²) in [6.45, 7) is 4.09. The quantitative estimate of drug-likeness (QED) is 0.302. The van der Waals surface area contributed by atoms with Crippen LogP contribution in [-0.4, -0.2) is 56.1 Å². The minimum atomic E-state index is -0.589. The number of aromatic nitrogens is 2. The normalized spacial score (nSPS) is 10.7. The lowest BCUT2D eigenvalue weighted by atomic mass is 10.1. The summed E-state index contributed by atoms with van der Waals surface area (Å²) in [5.74, 6) is -0.827. The molecule has 28 heavy (non-hydrogen) atoms. The highest BCUT2D eigenvalue weighted by atomic mass is 32.2. The maximum absolute atomic E-state index is 12.1. The van der Waals surface area contributed by atoms with Gasteiger partial charge in [-0.25, -0.2) is 9.59 Å². The Morgan fingerprint density at radius 1 is 1.18 bits per heavy atom. The van der Waals surface area contributed by atoms with E-state index in [9.17, 15) is 9.59 Å². The van der Waals surface area contributed by atoms with Crippen molar-refractivity contribution in [1.82, 2.24) is 10.2 Å². The maximum atomic E-state index is 12.1. The van der Waals surface area contributed by atoms with Gasteiger partial charge in [0, 0.05) is 31.1 Å². The van der Waals surface area contributed by atoms with E-state index in [0.29, 0.717) is 34.0 Å². The molecule has 0 amide bonds. The van der Waals surface area contributed by atoms with Gasteiger partial charge in [0.2, 0.25) is 5.13 Å². The summed E-state index contributed by atoms with van der Waals surface area (Å²) in [7, 11) is 2.55. The van der Waals surface area contributed by atoms with Crippen molar-refractivity contribution in [2.75, 3.05) is 45.0 Å². The number of nitrogens with zero attached hydrogens (tertiary/aromatic N) is 2. The number of hydrogen-bond donors (Lipinski definition) is 2. The van der Waals surface area contributed by atoms with Crippen LogP contribution in [0.1, 0.15) is 38.9 Å². The Labute approximate surface area is 175 Å². The van der Waals surface area contributed by atoms with Crippen molar-refractivity contribution in [2.24, 2.45) is 0 Å². The lowest BCUT2D eigenvalue weighted by molar-refractivity contribution is 0.0601. The van der Waals surface area contributed by atoms with E-state index >= 15 is 0 Å². The summed E-state index contributed by atoms with van der Waals surface area (Å²) in [6, 6.07) is 0. The monoisotopic (exact) mass is 446 g/mol. The summed E-state index contributed by atoms with van der Waals surface area (Å²) >= 11 is 3.75. The average Bonchev–Trinajstić information content (AvgIpc) is 3.28. The van der Waals surface area contributed by atoms with Crippen LogP contribution in [-0.2, 0) is 20.0 Å². The van der Waals surface area contributed by atoms with Gasteiger partial charge in [-0.3, -0.25) is 0 Å². The fourth-order valence-electron chi connectivity index (χ4n) is 2.19. The number of anilines is 2. The minimum Gasteiger partial charge on any atom is -0.465 e. The van der Waals surface area contributed by atoms with Gasteiger partial charge in [0.05, 0.1) is 19.8 Å². The van der Waals surface area contributed by atoms with E-state index in [1.54, 1.807) is 0 Å². The number of thiophene rings is 1. The Kier molecular flexibility index (Phi) is 8.96. The Hall–Kier alpha value is -1.89. The predicted molar refractivity (Wildman–Crippen MR) is 110 cm³/mol. The fourth-order valence-corrected chi connectivity index (χ4v) is 5.08. The number of nitrogens with two attached hydrogens (primary N) is 1. The highest BCUT2D eigenvalue weighted by Gasteiger charge is 2.27. The number of rotatable bonds is 11. The van der Waals surface area contributed by atoms with E-state index in [1.807, 2.05) is 6.92 Å². The van der Waals surface area contributed by atoms with E-state index < -0.39 is 11.9 Å². The topological polar surface area (TPSA) is 126 Å². The molecule has 3 N–H and O–H groups in total. The number of nitrogens with one attached hydrogen (secondary N) is 1. The number of ether oxygens (including phenoxy) is 3. The standard InChI is InChI=1S/C16H22N4O5S3/c1-4-25-7-5-6-18-15-19-20-16(28-15)26-8-9-10(13(21)23-2)12(17)27-11(9)14(22)24-3/h4-8,17H2,1-3H3,(H,18,19). The van der Waals surface area contributed by atoms with E-state index in [-0.39, 0.29) is 15.4 Å². The van der Waals surface area contributed by atoms with Gasteiger partial charge in [0.1, 0.15) is 9.88 Å². The number of methoxy groups -OCH3 is 2. The van der Waals surface area contributed by atoms with Crippen LogP contribution in [0.5, 0.6) is 0 Å². The van der Waals surface area contributed by atoms with Crippen molar-refractivity contribution in [3.05, 3.63) is 16.0 Å². The Bertz CT molecular complexity index is 808. The third-order valence-corrected chi connectivity index (χ3v) is 6.57. The van der Waals surface area contributed by atoms with Crippen LogP contribution in [0.4, 0.5) is 10.1 Å². The summed E-state index contributed by atoms with van der Waals surface area (Å²) in [4.78, 5) is 24.4. The Morgan fingerprint density at radius 2 is 1.93 bits per heavy atom. The Morgan fingerprint density at radius 3 is 2.61 bits per heavy atom. The number of hydrogen-bond acceptors (Lipinski definition) is 12. The van der Waals surface area contributed by atoms with Crippen molar-refractivity contribution in [1.29, 1.82) is 0 Å². The summed E-state index contributed by atoms with van der Waals surface area (Å²) in [5, 5.41) is 12.3. The third kappa shape index (κ3) is 5.80. The molecule has 2 rings (SSSR count). The molecule has 0 aliphatic rings. The van der Waals surface area contributed by atoms with Gasteiger partial charge in [-0.05, 0) is 13.3 Å². The van der Waals surface area contributed by atoms with Crippen LogP contribution in [0.15, 0.2) is 4.34 Å². The lowest BCUT2D eigenvalue weighted by Gasteiger charge is -2.05. The van der Waals surface area contributed by atoms with Crippen molar-refractivity contribution in [3.8, 4) is 0 Å². The summed E-state index contributed by atoms with van der Waals surface area (Å²) in [5.41, 5.74) is 6.60. The molecule has 2 heterocycles. The smallest absolute Gasteiger partial charge is 0.348 e. The highest BCUT2D eigenvalue weighted by molar-refractivity contribution is 8.00. The van der Waals surface area contributed by atoms with Crippen molar-refractivity contribution >= 4 is 56.5 Å². The van der Waals surface area contributed by atoms with Crippen LogP contribution in [0.3, 0.4) is 0 Å². The molecule has 0 aliphatic carbocycles. The number of nitrogen functional groups attached to an aromatic ring is 1. The van der Waals surface area contributed by atoms with Crippen molar-refractivity contribution in [2.45, 2.75) is 23.4 Å². The van der Waals surface area contributed by atoms with E-state index in [0.717, 1.165) is 24.3 Å². The SMILES string of the molecule is CCOCCCNc1nnc(SCc2c(C(=O)OC)sc(N)c2C(=O)OC)s1. The van der Waals surface area contributed by atoms with Crippen LogP contribution in [0.2, 0.25) is 0 Å². The summed E-state index contributed by atoms with van der Waals surface area (Å²) < 4.78 is 15.6. The van der Waals surface area contributed by atoms with E-state index in [2.05, 4.69) is 15.5 Å². The predicted octanol–water partition coefficient (Wildman–Crippen LogP) is 2.89. The molecular formula is C16H22N4O5S3. The molecule has 2 aromatic rings. The highest BCUT2D eigenvalue weighted by Crippen LogP contribution is 2.37. The second kappa shape index (κ2) is 11.2. The first kappa shape index (κ1) is 22.4. The van der Waals surface area contributed by atoms with Gasteiger partial charge in [0.25, 0.3) is 0 Å². The molecule has 0 atom stereocenters. The van der Waals surface area contributed by atoms with Gasteiger partial charge in [0.15, 0.2) is 4.34 Å². The van der Waals surface area contributed by atoms with Gasteiger partial charge in [-0.15, -0.1) is 21.5 Å². The summed E-state index contributed by atoms with van der Waals surface area (Å²) in [6.07, 6.45) is 0.870. The average molecular weight is 447 g/mol. The van der Waals surface area contributed by atoms with Gasteiger partial charge in [-0.2, -0.15) is 0 Å². The number of thioether (sulfide) groups is 1. The third-order valence-electron chi connectivity index (χ3n) is 3.49. The largest absolute Gasteiger partial charge is 0.465 e. The zero-order chi connectivity index (χ0) is 20.5. The zero-order valence-corrected chi connectivity index (χ0v) is 18.2. The molecule has 0 aliphatic heterocycles. The molecule has 0 unspecified atom stereocenters. The molecule has 2 aromatic heterocycles. The van der Waals surface area contributed by atoms with Crippen LogP contribution < -0.4 is 11.1 Å². The minimum absolute atomic E-state index is 0.194. The number of esters is 2. The lowest BCUT2D eigenvalue weighted by Crippen LogP contribution is -2.08. The second-order valence-electron chi connectivity index (χ2n) is 5.27. The van der Waals surface area contributed by atoms with E-state index in [1.165, 1.54) is 37.3 Å². The van der Waals surface area contributed by atoms with Crippen LogP contribution >= 0.6 is 34.4 Å². The molecule has 0 radical (unpaired) electrons. The fraction of sp³-hybridized carbons (Fsp3) is 0.500. The van der Waals surface area contributed by atoms with Crippen LogP contribution in [0.25, 0.3) is 0 Å². The second-order valence-corrected chi connectivity index (χ2v) is 8.52. The first-order valence-electron chi connectivity index (χ1n) is 8.37. The zero-order valence-electron chi connectivity index (χ0n) is 15.8. The first-order chi connectivity index (χ1) is 13.5. The molecular weight excluding hydrogens is 424 g/mol. The van der Waals surface area contributed by atoms with Gasteiger partial charge < -0.3 is 25.3 Å². The molecule has 0 fully saturated rings. The molecule has 0 spiro atoms. The molecule has 0 aromatic carbocycles. The molecule has 12 heteroatoms. The molecule has 0 saturated heterocycles. The van der Waals surface area contributed by atoms with Crippen molar-refractivity contribution in [3.63, 3.8) is 0 Å². The van der Waals surface area contributed by atoms with Gasteiger partial charge >= 0.3 is 11.9 Å². The van der Waals surface area contributed by atoms with Crippen molar-refractivity contribution < 1.29 is 23.8 Å².